The molecular weight excluding hydrogens is 272 g/mol. The molecule has 104 valence electrons. The van der Waals surface area contributed by atoms with Crippen molar-refractivity contribution in [2.24, 2.45) is 0 Å². The van der Waals surface area contributed by atoms with Gasteiger partial charge in [-0.05, 0) is 42.0 Å². The first-order valence-corrected chi connectivity index (χ1v) is 7.53. The van der Waals surface area contributed by atoms with Crippen LogP contribution in [-0.2, 0) is 6.42 Å². The molecule has 0 saturated heterocycles. The van der Waals surface area contributed by atoms with E-state index in [2.05, 4.69) is 16.7 Å². The number of alkyl halides is 1. The zero-order valence-corrected chi connectivity index (χ0v) is 12.1. The van der Waals surface area contributed by atoms with Crippen LogP contribution >= 0.6 is 11.6 Å². The first-order chi connectivity index (χ1) is 9.66. The summed E-state index contributed by atoms with van der Waals surface area (Å²) in [7, 11) is 0. The van der Waals surface area contributed by atoms with Crippen LogP contribution in [0.4, 0.5) is 11.4 Å². The van der Waals surface area contributed by atoms with Crippen molar-refractivity contribution in [3.63, 3.8) is 0 Å². The van der Waals surface area contributed by atoms with E-state index in [1.54, 1.807) is 0 Å². The van der Waals surface area contributed by atoms with Gasteiger partial charge >= 0.3 is 0 Å². The SMILES string of the molecule is C[C@@H](Cl)[C@@H]1CNc2cc(O)c3ccc4c(c3c21)CCN4. The van der Waals surface area contributed by atoms with Crippen molar-refractivity contribution in [2.45, 2.75) is 24.6 Å². The number of fused-ring (bicyclic) bond motifs is 5. The topological polar surface area (TPSA) is 44.3 Å². The smallest absolute Gasteiger partial charge is 0.125 e. The van der Waals surface area contributed by atoms with Gasteiger partial charge in [0.2, 0.25) is 0 Å². The van der Waals surface area contributed by atoms with Gasteiger partial charge in [-0.1, -0.05) is 0 Å². The number of hydrogen-bond donors (Lipinski definition) is 3. The molecule has 0 aromatic heterocycles. The number of benzene rings is 2. The van der Waals surface area contributed by atoms with Crippen LogP contribution in [0.5, 0.6) is 5.75 Å². The van der Waals surface area contributed by atoms with Crippen molar-refractivity contribution in [1.29, 1.82) is 0 Å². The van der Waals surface area contributed by atoms with Crippen LogP contribution in [0.2, 0.25) is 0 Å². The molecule has 0 spiro atoms. The van der Waals surface area contributed by atoms with E-state index in [0.717, 1.165) is 30.6 Å². The number of aromatic hydroxyl groups is 1. The molecule has 0 unspecified atom stereocenters. The fourth-order valence-corrected chi connectivity index (χ4v) is 3.80. The van der Waals surface area contributed by atoms with Crippen LogP contribution in [0.1, 0.15) is 24.0 Å². The monoisotopic (exact) mass is 288 g/mol. The fraction of sp³-hybridized carbons (Fsp3) is 0.375. The van der Waals surface area contributed by atoms with E-state index in [-0.39, 0.29) is 5.38 Å². The molecule has 4 heteroatoms. The van der Waals surface area contributed by atoms with Crippen LogP contribution < -0.4 is 10.6 Å². The molecule has 0 fully saturated rings. The number of nitrogens with one attached hydrogen (secondary N) is 2. The zero-order chi connectivity index (χ0) is 13.9. The van der Waals surface area contributed by atoms with Crippen molar-refractivity contribution in [3.05, 3.63) is 29.3 Å². The highest BCUT2D eigenvalue weighted by molar-refractivity contribution is 6.21. The van der Waals surface area contributed by atoms with Crippen LogP contribution in [0.25, 0.3) is 10.8 Å². The quantitative estimate of drug-likeness (QED) is 0.702. The van der Waals surface area contributed by atoms with Gasteiger partial charge in [-0.3, -0.25) is 0 Å². The Morgan fingerprint density at radius 3 is 2.95 bits per heavy atom. The second-order valence-electron chi connectivity index (χ2n) is 5.71. The molecule has 2 heterocycles. The fourth-order valence-electron chi connectivity index (χ4n) is 3.59. The number of hydrogen-bond acceptors (Lipinski definition) is 3. The standard InChI is InChI=1S/C16H17ClN2O/c1-8(17)11-7-19-13-6-14(20)10-2-3-12-9(4-5-18-12)15(10)16(11)13/h2-3,6,8,11,18-20H,4-5,7H2,1H3/t8-,11+/m1/s1. The summed E-state index contributed by atoms with van der Waals surface area (Å²) in [5.41, 5.74) is 4.83. The summed E-state index contributed by atoms with van der Waals surface area (Å²) in [5.74, 6) is 0.644. The molecule has 2 atom stereocenters. The third-order valence-corrected chi connectivity index (χ3v) is 4.86. The van der Waals surface area contributed by atoms with E-state index >= 15 is 0 Å². The van der Waals surface area contributed by atoms with E-state index in [9.17, 15) is 5.11 Å². The minimum Gasteiger partial charge on any atom is -0.507 e. The minimum absolute atomic E-state index is 0.0710. The van der Waals surface area contributed by atoms with E-state index in [1.807, 2.05) is 19.1 Å². The number of phenolic OH excluding ortho intramolecular Hbond substituents is 1. The normalized spacial score (nSPS) is 21.2. The van der Waals surface area contributed by atoms with Gasteiger partial charge in [0, 0.05) is 47.2 Å². The largest absolute Gasteiger partial charge is 0.507 e. The lowest BCUT2D eigenvalue weighted by Gasteiger charge is -2.17. The van der Waals surface area contributed by atoms with Gasteiger partial charge in [0.1, 0.15) is 5.75 Å². The molecule has 2 aromatic carbocycles. The molecule has 2 aromatic rings. The minimum atomic E-state index is 0.0710. The molecule has 0 radical (unpaired) electrons. The third-order valence-electron chi connectivity index (χ3n) is 4.56. The lowest BCUT2D eigenvalue weighted by atomic mass is 9.89. The van der Waals surface area contributed by atoms with Gasteiger partial charge in [0.15, 0.2) is 0 Å². The molecule has 0 aliphatic carbocycles. The number of halogens is 1. The van der Waals surface area contributed by atoms with E-state index < -0.39 is 0 Å². The molecular formula is C16H17ClN2O. The summed E-state index contributed by atoms with van der Waals surface area (Å²) in [6.07, 6.45) is 1.01. The molecule has 2 aliphatic rings. The van der Waals surface area contributed by atoms with E-state index in [1.165, 1.54) is 22.2 Å². The average molecular weight is 289 g/mol. The predicted octanol–water partition coefficient (Wildman–Crippen LogP) is 3.65. The lowest BCUT2D eigenvalue weighted by molar-refractivity contribution is 0.482. The van der Waals surface area contributed by atoms with E-state index in [0.29, 0.717) is 11.7 Å². The van der Waals surface area contributed by atoms with Crippen LogP contribution in [0.15, 0.2) is 18.2 Å². The second-order valence-corrected chi connectivity index (χ2v) is 6.40. The predicted molar refractivity (Wildman–Crippen MR) is 84.4 cm³/mol. The highest BCUT2D eigenvalue weighted by Crippen LogP contribution is 2.47. The first-order valence-electron chi connectivity index (χ1n) is 7.10. The number of rotatable bonds is 1. The van der Waals surface area contributed by atoms with Crippen molar-refractivity contribution in [1.82, 2.24) is 0 Å². The summed E-state index contributed by atoms with van der Waals surface area (Å²) in [5, 5.41) is 19.3. The molecule has 4 rings (SSSR count). The number of anilines is 2. The Morgan fingerprint density at radius 2 is 2.15 bits per heavy atom. The summed E-state index contributed by atoms with van der Waals surface area (Å²) >= 11 is 6.38. The number of phenols is 1. The summed E-state index contributed by atoms with van der Waals surface area (Å²) < 4.78 is 0. The molecule has 3 nitrogen and oxygen atoms in total. The van der Waals surface area contributed by atoms with Crippen molar-refractivity contribution in [3.8, 4) is 5.75 Å². The lowest BCUT2D eigenvalue weighted by Crippen LogP contribution is -2.11. The molecule has 0 saturated carbocycles. The Hall–Kier alpha value is -1.61. The van der Waals surface area contributed by atoms with Crippen LogP contribution in [0, 0.1) is 0 Å². The van der Waals surface area contributed by atoms with E-state index in [4.69, 9.17) is 11.6 Å². The summed E-state index contributed by atoms with van der Waals surface area (Å²) in [6, 6.07) is 5.92. The van der Waals surface area contributed by atoms with Crippen molar-refractivity contribution < 1.29 is 5.11 Å². The summed E-state index contributed by atoms with van der Waals surface area (Å²) in [4.78, 5) is 0. The van der Waals surface area contributed by atoms with Gasteiger partial charge < -0.3 is 15.7 Å². The maximum Gasteiger partial charge on any atom is 0.125 e. The average Bonchev–Trinajstić information content (AvgIpc) is 3.03. The zero-order valence-electron chi connectivity index (χ0n) is 11.3. The highest BCUT2D eigenvalue weighted by atomic mass is 35.5. The third kappa shape index (κ3) is 1.53. The first kappa shape index (κ1) is 12.2. The van der Waals surface area contributed by atoms with Crippen molar-refractivity contribution >= 4 is 33.7 Å². The van der Waals surface area contributed by atoms with Gasteiger partial charge in [0.05, 0.1) is 0 Å². The van der Waals surface area contributed by atoms with Gasteiger partial charge in [0.25, 0.3) is 0 Å². The Balaban J connectivity index is 2.11. The van der Waals surface area contributed by atoms with Gasteiger partial charge in [-0.25, -0.2) is 0 Å². The molecule has 0 amide bonds. The Morgan fingerprint density at radius 1 is 1.30 bits per heavy atom. The Labute approximate surface area is 122 Å². The van der Waals surface area contributed by atoms with Gasteiger partial charge in [-0.2, -0.15) is 0 Å². The maximum absolute atomic E-state index is 10.3. The summed E-state index contributed by atoms with van der Waals surface area (Å²) in [6.45, 7) is 3.85. The molecule has 3 N–H and O–H groups in total. The van der Waals surface area contributed by atoms with Gasteiger partial charge in [-0.15, -0.1) is 11.6 Å². The second kappa shape index (κ2) is 4.19. The highest BCUT2D eigenvalue weighted by Gasteiger charge is 2.31. The van der Waals surface area contributed by atoms with Crippen LogP contribution in [0.3, 0.4) is 0 Å². The van der Waals surface area contributed by atoms with Crippen LogP contribution in [-0.4, -0.2) is 23.6 Å². The molecule has 2 aliphatic heterocycles. The Bertz CT molecular complexity index is 711. The molecule has 20 heavy (non-hydrogen) atoms. The Kier molecular flexibility index (Phi) is 2.55. The maximum atomic E-state index is 10.3. The molecule has 0 bridgehead atoms. The van der Waals surface area contributed by atoms with Crippen molar-refractivity contribution in [2.75, 3.05) is 23.7 Å².